The topological polar surface area (TPSA) is 73.7 Å². The maximum absolute atomic E-state index is 9.82. The first-order valence-electron chi connectivity index (χ1n) is 2.40. The van der Waals surface area contributed by atoms with Crippen LogP contribution in [-0.4, -0.2) is 29.5 Å². The van der Waals surface area contributed by atoms with E-state index in [9.17, 15) is 4.79 Å². The molecule has 0 unspecified atom stereocenters. The fourth-order valence-corrected chi connectivity index (χ4v) is 0.255. The lowest BCUT2D eigenvalue weighted by Crippen LogP contribution is -2.28. The minimum atomic E-state index is -1.12. The summed E-state index contributed by atoms with van der Waals surface area (Å²) in [4.78, 5) is 9.82. The highest BCUT2D eigenvalue weighted by molar-refractivity contribution is 7.80. The van der Waals surface area contributed by atoms with Crippen molar-refractivity contribution in [3.63, 3.8) is 0 Å². The van der Waals surface area contributed by atoms with Crippen molar-refractivity contribution in [2.45, 2.75) is 0 Å². The van der Waals surface area contributed by atoms with Crippen molar-refractivity contribution >= 4 is 29.5 Å². The number of rotatable bonds is 2. The Kier molecular flexibility index (Phi) is 4.14. The van der Waals surface area contributed by atoms with Crippen LogP contribution in [-0.2, 0) is 4.79 Å². The van der Waals surface area contributed by atoms with Gasteiger partial charge in [0, 0.05) is 7.05 Å². The van der Waals surface area contributed by atoms with Gasteiger partial charge in [0.2, 0.25) is 0 Å². The third-order valence-corrected chi connectivity index (χ3v) is 0.864. The highest BCUT2D eigenvalue weighted by Gasteiger charge is 1.87. The SMILES string of the molecule is CNC(=S)N/N=C/C(=O)O. The third kappa shape index (κ3) is 4.98. The molecule has 0 rings (SSSR count). The van der Waals surface area contributed by atoms with E-state index < -0.39 is 5.97 Å². The van der Waals surface area contributed by atoms with Crippen LogP contribution in [0.15, 0.2) is 5.10 Å². The zero-order chi connectivity index (χ0) is 7.98. The molecule has 0 aliphatic heterocycles. The van der Waals surface area contributed by atoms with E-state index >= 15 is 0 Å². The molecule has 0 saturated carbocycles. The summed E-state index contributed by atoms with van der Waals surface area (Å²) in [6, 6.07) is 0. The fraction of sp³-hybridized carbons (Fsp3) is 0.250. The molecule has 0 spiro atoms. The molecule has 3 N–H and O–H groups in total. The van der Waals surface area contributed by atoms with Crippen molar-refractivity contribution in [2.24, 2.45) is 5.10 Å². The minimum Gasteiger partial charge on any atom is -0.477 e. The third-order valence-electron chi connectivity index (χ3n) is 0.568. The van der Waals surface area contributed by atoms with Gasteiger partial charge in [-0.3, -0.25) is 5.43 Å². The molecule has 5 nitrogen and oxygen atoms in total. The van der Waals surface area contributed by atoms with E-state index in [1.807, 2.05) is 0 Å². The number of nitrogens with one attached hydrogen (secondary N) is 2. The molecule has 10 heavy (non-hydrogen) atoms. The van der Waals surface area contributed by atoms with Gasteiger partial charge >= 0.3 is 5.97 Å². The van der Waals surface area contributed by atoms with Gasteiger partial charge in [0.1, 0.15) is 6.21 Å². The molecule has 0 bridgehead atoms. The van der Waals surface area contributed by atoms with E-state index in [1.54, 1.807) is 7.05 Å². The number of carboxylic acid groups (broad SMARTS) is 1. The molecular formula is C4H7N3O2S. The number of aliphatic carboxylic acids is 1. The number of thiocarbonyl (C=S) groups is 1. The Hall–Kier alpha value is -1.17. The van der Waals surface area contributed by atoms with Gasteiger partial charge in [-0.15, -0.1) is 0 Å². The largest absolute Gasteiger partial charge is 0.477 e. The Bertz CT molecular complexity index is 168. The van der Waals surface area contributed by atoms with Crippen LogP contribution in [0.5, 0.6) is 0 Å². The first-order valence-corrected chi connectivity index (χ1v) is 2.81. The van der Waals surface area contributed by atoms with Crippen LogP contribution in [0.1, 0.15) is 0 Å². The smallest absolute Gasteiger partial charge is 0.348 e. The maximum Gasteiger partial charge on any atom is 0.348 e. The van der Waals surface area contributed by atoms with Crippen molar-refractivity contribution in [3.8, 4) is 0 Å². The number of nitrogens with zero attached hydrogens (tertiary/aromatic N) is 1. The van der Waals surface area contributed by atoms with Crippen molar-refractivity contribution in [1.82, 2.24) is 10.7 Å². The van der Waals surface area contributed by atoms with Crippen molar-refractivity contribution in [3.05, 3.63) is 0 Å². The molecule has 0 saturated heterocycles. The van der Waals surface area contributed by atoms with E-state index in [-0.39, 0.29) is 5.11 Å². The monoisotopic (exact) mass is 161 g/mol. The van der Waals surface area contributed by atoms with E-state index in [1.165, 1.54) is 0 Å². The van der Waals surface area contributed by atoms with Crippen LogP contribution in [0.25, 0.3) is 0 Å². The van der Waals surface area contributed by atoms with Crippen LogP contribution in [0, 0.1) is 0 Å². The zero-order valence-corrected chi connectivity index (χ0v) is 6.10. The van der Waals surface area contributed by atoms with E-state index in [2.05, 4.69) is 28.1 Å². The molecule has 0 heterocycles. The molecule has 0 aromatic heterocycles. The molecule has 0 atom stereocenters. The normalized spacial score (nSPS) is 9.30. The van der Waals surface area contributed by atoms with Crippen LogP contribution in [0.2, 0.25) is 0 Å². The van der Waals surface area contributed by atoms with Gasteiger partial charge in [-0.25, -0.2) is 4.79 Å². The first kappa shape index (κ1) is 8.83. The summed E-state index contributed by atoms with van der Waals surface area (Å²) < 4.78 is 0. The molecule has 0 aliphatic carbocycles. The fourth-order valence-electron chi connectivity index (χ4n) is 0.202. The highest BCUT2D eigenvalue weighted by atomic mass is 32.1. The van der Waals surface area contributed by atoms with Crippen LogP contribution in [0.4, 0.5) is 0 Å². The Morgan fingerprint density at radius 1 is 1.80 bits per heavy atom. The maximum atomic E-state index is 9.82. The standard InChI is InChI=1S/C4H7N3O2S/c1-5-4(10)7-6-2-3(8)9/h2H,1H3,(H,8,9)(H2,5,7,10)/b6-2+. The predicted molar refractivity (Wildman–Crippen MR) is 40.9 cm³/mol. The Morgan fingerprint density at radius 2 is 2.40 bits per heavy atom. The summed E-state index contributed by atoms with van der Waals surface area (Å²) in [7, 11) is 1.60. The second-order valence-corrected chi connectivity index (χ2v) is 1.70. The average molecular weight is 161 g/mol. The number of carbonyl (C=O) groups is 1. The zero-order valence-electron chi connectivity index (χ0n) is 5.29. The van der Waals surface area contributed by atoms with Crippen LogP contribution in [0.3, 0.4) is 0 Å². The van der Waals surface area contributed by atoms with E-state index in [4.69, 9.17) is 5.11 Å². The Labute approximate surface area is 63.1 Å². The Balaban J connectivity index is 3.53. The van der Waals surface area contributed by atoms with Crippen LogP contribution >= 0.6 is 12.2 Å². The molecule has 0 radical (unpaired) electrons. The van der Waals surface area contributed by atoms with Gasteiger partial charge < -0.3 is 10.4 Å². The molecule has 0 fully saturated rings. The van der Waals surface area contributed by atoms with Crippen molar-refractivity contribution in [1.29, 1.82) is 0 Å². The second kappa shape index (κ2) is 4.68. The molecule has 0 aromatic carbocycles. The van der Waals surface area contributed by atoms with Gasteiger partial charge in [-0.2, -0.15) is 5.10 Å². The molecule has 0 amide bonds. The van der Waals surface area contributed by atoms with Gasteiger partial charge in [0.25, 0.3) is 0 Å². The summed E-state index contributed by atoms with van der Waals surface area (Å²) in [5.41, 5.74) is 2.27. The number of carboxylic acids is 1. The van der Waals surface area contributed by atoms with E-state index in [0.717, 1.165) is 0 Å². The van der Waals surface area contributed by atoms with Gasteiger partial charge in [-0.05, 0) is 12.2 Å². The Morgan fingerprint density at radius 3 is 2.80 bits per heavy atom. The second-order valence-electron chi connectivity index (χ2n) is 1.29. The van der Waals surface area contributed by atoms with Gasteiger partial charge in [0.05, 0.1) is 0 Å². The average Bonchev–Trinajstić information content (AvgIpc) is 1.87. The molecular weight excluding hydrogens is 154 g/mol. The number of hydrogen-bond acceptors (Lipinski definition) is 3. The summed E-state index contributed by atoms with van der Waals surface area (Å²) >= 11 is 4.58. The van der Waals surface area contributed by atoms with Gasteiger partial charge in [0.15, 0.2) is 5.11 Å². The molecule has 0 aliphatic rings. The van der Waals surface area contributed by atoms with Crippen molar-refractivity contribution < 1.29 is 9.90 Å². The van der Waals surface area contributed by atoms with Gasteiger partial charge in [-0.1, -0.05) is 0 Å². The summed E-state index contributed by atoms with van der Waals surface area (Å²) in [5, 5.41) is 14.1. The summed E-state index contributed by atoms with van der Waals surface area (Å²) in [6.07, 6.45) is 0.712. The molecule has 56 valence electrons. The highest BCUT2D eigenvalue weighted by Crippen LogP contribution is 1.62. The van der Waals surface area contributed by atoms with E-state index in [0.29, 0.717) is 6.21 Å². The molecule has 0 aromatic rings. The lowest BCUT2D eigenvalue weighted by Gasteiger charge is -1.97. The lowest BCUT2D eigenvalue weighted by atomic mass is 10.8. The van der Waals surface area contributed by atoms with Crippen LogP contribution < -0.4 is 10.7 Å². The number of hydrogen-bond donors (Lipinski definition) is 3. The summed E-state index contributed by atoms with van der Waals surface area (Å²) in [6.45, 7) is 0. The number of hydrazone groups is 1. The quantitative estimate of drug-likeness (QED) is 0.279. The first-order chi connectivity index (χ1) is 4.66. The summed E-state index contributed by atoms with van der Waals surface area (Å²) in [5.74, 6) is -1.12. The molecule has 6 heteroatoms. The minimum absolute atomic E-state index is 0.275. The van der Waals surface area contributed by atoms with Crippen molar-refractivity contribution in [2.75, 3.05) is 7.05 Å². The lowest BCUT2D eigenvalue weighted by molar-refractivity contribution is -0.128. The predicted octanol–water partition coefficient (Wildman–Crippen LogP) is -0.849.